The van der Waals surface area contributed by atoms with Gasteiger partial charge < -0.3 is 4.74 Å². The number of hydrogen-bond donors (Lipinski definition) is 0. The summed E-state index contributed by atoms with van der Waals surface area (Å²) in [6, 6.07) is 4.78. The van der Waals surface area contributed by atoms with Crippen molar-refractivity contribution in [2.24, 2.45) is 0 Å². The molecule has 0 heterocycles. The van der Waals surface area contributed by atoms with E-state index in [1.54, 1.807) is 20.8 Å². The lowest BCUT2D eigenvalue weighted by Gasteiger charge is -2.35. The maximum Gasteiger partial charge on any atom is 0.416 e. The van der Waals surface area contributed by atoms with Crippen LogP contribution in [0.1, 0.15) is 58.4 Å². The quantitative estimate of drug-likeness (QED) is 0.681. The number of rotatable bonds is 2. The first-order valence-electron chi connectivity index (χ1n) is 8.27. The van der Waals surface area contributed by atoms with Crippen LogP contribution in [0.15, 0.2) is 24.3 Å². The highest BCUT2D eigenvalue weighted by molar-refractivity contribution is 5.88. The van der Waals surface area contributed by atoms with E-state index in [2.05, 4.69) is 0 Å². The van der Waals surface area contributed by atoms with Crippen LogP contribution >= 0.6 is 0 Å². The van der Waals surface area contributed by atoms with Gasteiger partial charge in [-0.1, -0.05) is 25.3 Å². The Hall–Kier alpha value is -1.72. The van der Waals surface area contributed by atoms with E-state index in [4.69, 9.17) is 4.74 Å². The zero-order valence-electron chi connectivity index (χ0n) is 14.3. The number of carbonyl (C=O) groups is 1. The number of alkyl halides is 3. The fourth-order valence-electron chi connectivity index (χ4n) is 2.95. The molecule has 0 N–H and O–H groups in total. The maximum absolute atomic E-state index is 13.0. The molecule has 24 heavy (non-hydrogen) atoms. The molecule has 0 saturated heterocycles. The van der Waals surface area contributed by atoms with E-state index >= 15 is 0 Å². The Morgan fingerprint density at radius 2 is 1.75 bits per heavy atom. The largest absolute Gasteiger partial charge is 0.443 e. The van der Waals surface area contributed by atoms with Crippen molar-refractivity contribution in [3.05, 3.63) is 29.8 Å². The highest BCUT2D eigenvalue weighted by atomic mass is 19.4. The highest BCUT2D eigenvalue weighted by Crippen LogP contribution is 2.34. The highest BCUT2D eigenvalue weighted by Gasteiger charge is 2.34. The van der Waals surface area contributed by atoms with Crippen LogP contribution in [0, 0.1) is 0 Å². The zero-order valence-corrected chi connectivity index (χ0v) is 14.3. The second kappa shape index (κ2) is 7.03. The normalized spacial score (nSPS) is 16.8. The van der Waals surface area contributed by atoms with E-state index in [-0.39, 0.29) is 11.7 Å². The minimum absolute atomic E-state index is 0.128. The first-order chi connectivity index (χ1) is 11.1. The summed E-state index contributed by atoms with van der Waals surface area (Å²) in [5, 5.41) is 0. The van der Waals surface area contributed by atoms with Crippen molar-refractivity contribution in [2.45, 2.75) is 70.7 Å². The van der Waals surface area contributed by atoms with E-state index in [9.17, 15) is 18.0 Å². The molecule has 134 valence electrons. The van der Waals surface area contributed by atoms with Crippen molar-refractivity contribution in [1.29, 1.82) is 0 Å². The third kappa shape index (κ3) is 4.89. The Morgan fingerprint density at radius 3 is 2.29 bits per heavy atom. The number of anilines is 1. The molecular formula is C18H24F3NO2. The van der Waals surface area contributed by atoms with Crippen molar-refractivity contribution in [3.63, 3.8) is 0 Å². The van der Waals surface area contributed by atoms with E-state index in [1.807, 2.05) is 0 Å². The predicted octanol–water partition coefficient (Wildman–Crippen LogP) is 5.78. The van der Waals surface area contributed by atoms with Gasteiger partial charge in [0.1, 0.15) is 5.60 Å². The average molecular weight is 343 g/mol. The standard InChI is InChI=1S/C18H24F3NO2/c1-17(2,3)24-16(23)22(14-9-5-4-6-10-14)15-11-7-8-13(12-15)18(19,20)21/h7-8,11-12,14H,4-6,9-10H2,1-3H3. The van der Waals surface area contributed by atoms with Crippen molar-refractivity contribution >= 4 is 11.8 Å². The lowest BCUT2D eigenvalue weighted by Crippen LogP contribution is -2.44. The first kappa shape index (κ1) is 18.6. The lowest BCUT2D eigenvalue weighted by atomic mass is 9.94. The molecule has 1 fully saturated rings. The maximum atomic E-state index is 13.0. The molecule has 6 heteroatoms. The molecule has 1 aliphatic rings. The van der Waals surface area contributed by atoms with Gasteiger partial charge in [-0.2, -0.15) is 13.2 Å². The molecule has 1 aromatic carbocycles. The van der Waals surface area contributed by atoms with E-state index < -0.39 is 23.4 Å². The number of carbonyl (C=O) groups excluding carboxylic acids is 1. The van der Waals surface area contributed by atoms with E-state index in [1.165, 1.54) is 17.0 Å². The number of hydrogen-bond acceptors (Lipinski definition) is 2. The monoisotopic (exact) mass is 343 g/mol. The lowest BCUT2D eigenvalue weighted by molar-refractivity contribution is -0.137. The fourth-order valence-corrected chi connectivity index (χ4v) is 2.95. The Morgan fingerprint density at radius 1 is 1.12 bits per heavy atom. The second-order valence-electron chi connectivity index (χ2n) is 7.19. The van der Waals surface area contributed by atoms with Gasteiger partial charge in [0.05, 0.1) is 5.56 Å². The van der Waals surface area contributed by atoms with Gasteiger partial charge in [0.25, 0.3) is 0 Å². The SMILES string of the molecule is CC(C)(C)OC(=O)N(c1cccc(C(F)(F)F)c1)C1CCCCC1. The zero-order chi connectivity index (χ0) is 18.0. The molecular weight excluding hydrogens is 319 g/mol. The Kier molecular flexibility index (Phi) is 5.45. The predicted molar refractivity (Wildman–Crippen MR) is 87.0 cm³/mol. The van der Waals surface area contributed by atoms with Gasteiger partial charge in [-0.15, -0.1) is 0 Å². The van der Waals surface area contributed by atoms with Crippen LogP contribution in [-0.4, -0.2) is 17.7 Å². The van der Waals surface area contributed by atoms with Gasteiger partial charge in [0, 0.05) is 11.7 Å². The van der Waals surface area contributed by atoms with Gasteiger partial charge in [0.15, 0.2) is 0 Å². The molecule has 0 aliphatic heterocycles. The average Bonchev–Trinajstić information content (AvgIpc) is 2.46. The molecule has 0 unspecified atom stereocenters. The van der Waals surface area contributed by atoms with E-state index in [0.717, 1.165) is 44.2 Å². The molecule has 0 aromatic heterocycles. The van der Waals surface area contributed by atoms with Crippen molar-refractivity contribution in [3.8, 4) is 0 Å². The fraction of sp³-hybridized carbons (Fsp3) is 0.611. The Balaban J connectivity index is 2.36. The van der Waals surface area contributed by atoms with Crippen LogP contribution < -0.4 is 4.90 Å². The number of nitrogens with zero attached hydrogens (tertiary/aromatic N) is 1. The third-order valence-electron chi connectivity index (χ3n) is 3.98. The molecule has 1 aromatic rings. The second-order valence-corrected chi connectivity index (χ2v) is 7.19. The smallest absolute Gasteiger partial charge is 0.416 e. The molecule has 1 amide bonds. The minimum atomic E-state index is -4.44. The molecule has 0 radical (unpaired) electrons. The molecule has 3 nitrogen and oxygen atoms in total. The van der Waals surface area contributed by atoms with Crippen molar-refractivity contribution < 1.29 is 22.7 Å². The molecule has 0 bridgehead atoms. The van der Waals surface area contributed by atoms with Crippen LogP contribution in [0.4, 0.5) is 23.7 Å². The van der Waals surface area contributed by atoms with Gasteiger partial charge in [-0.25, -0.2) is 4.79 Å². The van der Waals surface area contributed by atoms with Crippen LogP contribution in [0.2, 0.25) is 0 Å². The van der Waals surface area contributed by atoms with E-state index in [0.29, 0.717) is 0 Å². The first-order valence-corrected chi connectivity index (χ1v) is 8.27. The molecule has 2 rings (SSSR count). The van der Waals surface area contributed by atoms with Crippen LogP contribution in [-0.2, 0) is 10.9 Å². The summed E-state index contributed by atoms with van der Waals surface area (Å²) in [5.41, 5.74) is -1.22. The van der Waals surface area contributed by atoms with Crippen molar-refractivity contribution in [1.82, 2.24) is 0 Å². The number of ether oxygens (including phenoxy) is 1. The summed E-state index contributed by atoms with van der Waals surface area (Å²) >= 11 is 0. The van der Waals surface area contributed by atoms with Crippen LogP contribution in [0.25, 0.3) is 0 Å². The Bertz CT molecular complexity index is 572. The topological polar surface area (TPSA) is 29.5 Å². The summed E-state index contributed by atoms with van der Waals surface area (Å²) in [6.45, 7) is 5.24. The van der Waals surface area contributed by atoms with Crippen LogP contribution in [0.5, 0.6) is 0 Å². The summed E-state index contributed by atoms with van der Waals surface area (Å²) in [6.07, 6.45) is -0.478. The number of benzene rings is 1. The van der Waals surface area contributed by atoms with Gasteiger partial charge in [0.2, 0.25) is 0 Å². The van der Waals surface area contributed by atoms with Crippen LogP contribution in [0.3, 0.4) is 0 Å². The molecule has 1 saturated carbocycles. The summed E-state index contributed by atoms with van der Waals surface area (Å²) in [5.74, 6) is 0. The van der Waals surface area contributed by atoms with Gasteiger partial charge in [-0.05, 0) is 51.8 Å². The van der Waals surface area contributed by atoms with Gasteiger partial charge >= 0.3 is 12.3 Å². The molecule has 1 aliphatic carbocycles. The number of amides is 1. The Labute approximate surface area is 140 Å². The third-order valence-corrected chi connectivity index (χ3v) is 3.98. The summed E-state index contributed by atoms with van der Waals surface area (Å²) in [4.78, 5) is 14.0. The summed E-state index contributed by atoms with van der Waals surface area (Å²) < 4.78 is 44.5. The minimum Gasteiger partial charge on any atom is -0.443 e. The summed E-state index contributed by atoms with van der Waals surface area (Å²) in [7, 11) is 0. The molecule has 0 spiro atoms. The number of halogens is 3. The van der Waals surface area contributed by atoms with Gasteiger partial charge in [-0.3, -0.25) is 4.90 Å². The van der Waals surface area contributed by atoms with Crippen molar-refractivity contribution in [2.75, 3.05) is 4.90 Å². The molecule has 0 atom stereocenters.